The Morgan fingerprint density at radius 2 is 1.41 bits per heavy atom. The molecule has 3 aromatic rings. The van der Waals surface area contributed by atoms with Crippen molar-refractivity contribution in [3.05, 3.63) is 77.1 Å². The second kappa shape index (κ2) is 7.88. The summed E-state index contributed by atoms with van der Waals surface area (Å²) >= 11 is 0. The normalized spacial score (nSPS) is 12.7. The summed E-state index contributed by atoms with van der Waals surface area (Å²) in [5, 5.41) is 5.22. The second-order valence-corrected chi connectivity index (χ2v) is 6.40. The first-order valence-electron chi connectivity index (χ1n) is 8.50. The van der Waals surface area contributed by atoms with Crippen molar-refractivity contribution >= 4 is 11.6 Å². The van der Waals surface area contributed by atoms with Gasteiger partial charge in [0, 0.05) is 17.3 Å². The molecule has 0 atom stereocenters. The number of hydrogen-bond donors (Lipinski definition) is 1. The maximum atomic E-state index is 13.1. The smallest absolute Gasteiger partial charge is 0.322 e. The third-order valence-corrected chi connectivity index (χ3v) is 4.11. The molecule has 170 valence electrons. The number of anilines is 1. The fraction of sp³-hybridized carbons (Fsp3) is 0.158. The number of carbonyl (C=O) groups is 1. The van der Waals surface area contributed by atoms with Crippen LogP contribution in [-0.4, -0.2) is 15.7 Å². The molecule has 0 bridgehead atoms. The number of benzene rings is 2. The number of aromatic nitrogens is 2. The van der Waals surface area contributed by atoms with Crippen molar-refractivity contribution in [3.63, 3.8) is 0 Å². The molecule has 0 aliphatic heterocycles. The van der Waals surface area contributed by atoms with Crippen LogP contribution in [0.5, 0.6) is 0 Å². The Kier molecular flexibility index (Phi) is 5.70. The molecule has 0 radical (unpaired) electrons. The molecular formula is C19H10F9N3O. The lowest BCUT2D eigenvalue weighted by Crippen LogP contribution is -2.15. The zero-order chi connectivity index (χ0) is 23.9. The van der Waals surface area contributed by atoms with E-state index in [4.69, 9.17) is 0 Å². The number of nitrogens with one attached hydrogen (secondary N) is 1. The van der Waals surface area contributed by atoms with Gasteiger partial charge >= 0.3 is 18.5 Å². The first kappa shape index (κ1) is 23.2. The molecule has 32 heavy (non-hydrogen) atoms. The summed E-state index contributed by atoms with van der Waals surface area (Å²) < 4.78 is 116. The minimum atomic E-state index is -5.13. The van der Waals surface area contributed by atoms with E-state index in [1.165, 1.54) is 0 Å². The molecule has 4 nitrogen and oxygen atoms in total. The zero-order valence-electron chi connectivity index (χ0n) is 15.4. The van der Waals surface area contributed by atoms with Crippen LogP contribution in [0.15, 0.2) is 54.6 Å². The predicted octanol–water partition coefficient (Wildman–Crippen LogP) is 6.18. The van der Waals surface area contributed by atoms with Crippen LogP contribution in [0, 0.1) is 0 Å². The summed E-state index contributed by atoms with van der Waals surface area (Å²) in [5.74, 6) is -0.932. The molecule has 0 aliphatic carbocycles. The molecule has 2 aromatic carbocycles. The highest BCUT2D eigenvalue weighted by atomic mass is 19.4. The standard InChI is InChI=1S/C19H10F9N3O/c20-17(21,22)11-3-1-2-10(8-11)16(32)29-12-4-6-13(7-5-12)31-15(19(26,27)28)9-14(30-31)18(23,24)25/h1-9H,(H,29,32). The van der Waals surface area contributed by atoms with Crippen LogP contribution in [0.4, 0.5) is 45.2 Å². The minimum absolute atomic E-state index is 0.0204. The second-order valence-electron chi connectivity index (χ2n) is 6.40. The van der Waals surface area contributed by atoms with Gasteiger partial charge in [0.2, 0.25) is 0 Å². The molecule has 0 unspecified atom stereocenters. The van der Waals surface area contributed by atoms with Crippen molar-refractivity contribution in [2.24, 2.45) is 0 Å². The van der Waals surface area contributed by atoms with Crippen molar-refractivity contribution in [2.45, 2.75) is 18.5 Å². The van der Waals surface area contributed by atoms with Gasteiger partial charge in [-0.1, -0.05) is 6.07 Å². The predicted molar refractivity (Wildman–Crippen MR) is 93.0 cm³/mol. The van der Waals surface area contributed by atoms with E-state index >= 15 is 0 Å². The van der Waals surface area contributed by atoms with Crippen molar-refractivity contribution in [1.82, 2.24) is 9.78 Å². The summed E-state index contributed by atoms with van der Waals surface area (Å²) in [6.45, 7) is 0. The van der Waals surface area contributed by atoms with Crippen LogP contribution in [-0.2, 0) is 18.5 Å². The highest BCUT2D eigenvalue weighted by Gasteiger charge is 2.42. The Bertz CT molecular complexity index is 1130. The van der Waals surface area contributed by atoms with Crippen LogP contribution in [0.3, 0.4) is 0 Å². The molecule has 0 saturated heterocycles. The van der Waals surface area contributed by atoms with Crippen LogP contribution in [0.2, 0.25) is 0 Å². The van der Waals surface area contributed by atoms with Gasteiger partial charge in [0.15, 0.2) is 5.69 Å². The molecule has 3 rings (SSSR count). The van der Waals surface area contributed by atoms with Gasteiger partial charge in [-0.05, 0) is 42.5 Å². The molecule has 13 heteroatoms. The molecule has 0 saturated carbocycles. The summed E-state index contributed by atoms with van der Waals surface area (Å²) in [6, 6.07) is 7.45. The highest BCUT2D eigenvalue weighted by molar-refractivity contribution is 6.04. The summed E-state index contributed by atoms with van der Waals surface area (Å²) in [4.78, 5) is 12.2. The van der Waals surface area contributed by atoms with Gasteiger partial charge in [-0.25, -0.2) is 4.68 Å². The first-order chi connectivity index (χ1) is 14.7. The van der Waals surface area contributed by atoms with Gasteiger partial charge in [0.1, 0.15) is 5.69 Å². The van der Waals surface area contributed by atoms with E-state index in [9.17, 15) is 44.3 Å². The van der Waals surface area contributed by atoms with Gasteiger partial charge in [-0.15, -0.1) is 0 Å². The molecule has 1 heterocycles. The van der Waals surface area contributed by atoms with Crippen LogP contribution in [0.1, 0.15) is 27.3 Å². The molecule has 0 fully saturated rings. The monoisotopic (exact) mass is 467 g/mol. The maximum Gasteiger partial charge on any atom is 0.435 e. The van der Waals surface area contributed by atoms with Crippen LogP contribution in [0.25, 0.3) is 5.69 Å². The number of alkyl halides is 9. The van der Waals surface area contributed by atoms with E-state index in [-0.39, 0.29) is 27.7 Å². The number of carbonyl (C=O) groups excluding carboxylic acids is 1. The Morgan fingerprint density at radius 1 is 0.781 bits per heavy atom. The number of amides is 1. The third-order valence-electron chi connectivity index (χ3n) is 4.11. The van der Waals surface area contributed by atoms with E-state index in [1.807, 2.05) is 0 Å². The first-order valence-corrected chi connectivity index (χ1v) is 8.50. The van der Waals surface area contributed by atoms with Crippen molar-refractivity contribution in [1.29, 1.82) is 0 Å². The van der Waals surface area contributed by atoms with Gasteiger partial charge < -0.3 is 5.32 Å². The fourth-order valence-corrected chi connectivity index (χ4v) is 2.64. The van der Waals surface area contributed by atoms with Gasteiger partial charge in [-0.3, -0.25) is 4.79 Å². The Labute approximate surface area is 173 Å². The topological polar surface area (TPSA) is 46.9 Å². The van der Waals surface area contributed by atoms with Crippen molar-refractivity contribution < 1.29 is 44.3 Å². The molecular weight excluding hydrogens is 457 g/mol. The van der Waals surface area contributed by atoms with E-state index in [0.29, 0.717) is 6.07 Å². The highest BCUT2D eigenvalue weighted by Crippen LogP contribution is 2.36. The summed E-state index contributed by atoms with van der Waals surface area (Å²) in [6.07, 6.45) is -14.9. The van der Waals surface area contributed by atoms with Crippen molar-refractivity contribution in [3.8, 4) is 5.69 Å². The summed E-state index contributed by atoms with van der Waals surface area (Å²) in [7, 11) is 0. The van der Waals surface area contributed by atoms with E-state index < -0.39 is 41.4 Å². The molecule has 1 amide bonds. The summed E-state index contributed by atoms with van der Waals surface area (Å²) in [5.41, 5.74) is -5.19. The van der Waals surface area contributed by atoms with E-state index in [2.05, 4.69) is 10.4 Å². The lowest BCUT2D eigenvalue weighted by molar-refractivity contribution is -0.143. The van der Waals surface area contributed by atoms with E-state index in [0.717, 1.165) is 42.5 Å². The Hall–Kier alpha value is -3.51. The largest absolute Gasteiger partial charge is 0.435 e. The van der Waals surface area contributed by atoms with Crippen LogP contribution < -0.4 is 5.32 Å². The average molecular weight is 467 g/mol. The maximum absolute atomic E-state index is 13.1. The number of halogens is 9. The molecule has 1 N–H and O–H groups in total. The van der Waals surface area contributed by atoms with E-state index in [1.54, 1.807) is 0 Å². The van der Waals surface area contributed by atoms with Crippen LogP contribution >= 0.6 is 0 Å². The quantitative estimate of drug-likeness (QED) is 0.468. The minimum Gasteiger partial charge on any atom is -0.322 e. The zero-order valence-corrected chi connectivity index (χ0v) is 15.4. The Morgan fingerprint density at radius 3 is 1.94 bits per heavy atom. The van der Waals surface area contributed by atoms with Gasteiger partial charge in [0.05, 0.1) is 11.3 Å². The van der Waals surface area contributed by atoms with Crippen molar-refractivity contribution in [2.75, 3.05) is 5.32 Å². The molecule has 0 spiro atoms. The number of rotatable bonds is 3. The van der Waals surface area contributed by atoms with Gasteiger partial charge in [0.25, 0.3) is 5.91 Å². The molecule has 1 aromatic heterocycles. The molecule has 0 aliphatic rings. The van der Waals surface area contributed by atoms with Gasteiger partial charge in [-0.2, -0.15) is 44.6 Å². The fourth-order valence-electron chi connectivity index (χ4n) is 2.64. The Balaban J connectivity index is 1.86. The average Bonchev–Trinajstić information content (AvgIpc) is 3.14. The number of nitrogens with zero attached hydrogens (tertiary/aromatic N) is 2. The lowest BCUT2D eigenvalue weighted by Gasteiger charge is -2.12. The third kappa shape index (κ3) is 5.03. The SMILES string of the molecule is O=C(Nc1ccc(-n2nc(C(F)(F)F)cc2C(F)(F)F)cc1)c1cccc(C(F)(F)F)c1. The lowest BCUT2D eigenvalue weighted by atomic mass is 10.1. The number of hydrogen-bond acceptors (Lipinski definition) is 2.